The predicted octanol–water partition coefficient (Wildman–Crippen LogP) is -0.366. The number of carbonyl (C=O) groups excluding carboxylic acids is 1. The van der Waals surface area contributed by atoms with Gasteiger partial charge in [-0.25, -0.2) is 9.67 Å². The summed E-state index contributed by atoms with van der Waals surface area (Å²) in [5.74, 6) is -0.000758. The summed E-state index contributed by atoms with van der Waals surface area (Å²) in [5, 5.41) is 6.91. The Morgan fingerprint density at radius 1 is 1.36 bits per heavy atom. The molecule has 3 rings (SSSR count). The van der Waals surface area contributed by atoms with Crippen LogP contribution in [0.2, 0.25) is 0 Å². The van der Waals surface area contributed by atoms with Crippen molar-refractivity contribution in [3.8, 4) is 0 Å². The number of nitrogens with one attached hydrogen (secondary N) is 2. The van der Waals surface area contributed by atoms with E-state index in [1.54, 1.807) is 6.07 Å². The SMILES string of the molecule is O=C(NCCn1nc(C2CC2)ccc1=O)c1cc(=O)[nH]cn1. The molecular formula is C14H15N5O3. The van der Waals surface area contributed by atoms with E-state index in [1.807, 2.05) is 0 Å². The largest absolute Gasteiger partial charge is 0.349 e. The Morgan fingerprint density at radius 2 is 2.18 bits per heavy atom. The van der Waals surface area contributed by atoms with Crippen molar-refractivity contribution in [2.75, 3.05) is 6.54 Å². The first-order chi connectivity index (χ1) is 10.6. The van der Waals surface area contributed by atoms with Crippen molar-refractivity contribution in [1.29, 1.82) is 0 Å². The van der Waals surface area contributed by atoms with Crippen LogP contribution in [0.5, 0.6) is 0 Å². The number of hydrogen-bond acceptors (Lipinski definition) is 5. The molecule has 0 saturated heterocycles. The molecule has 1 saturated carbocycles. The molecule has 0 atom stereocenters. The standard InChI is InChI=1S/C14H15N5O3/c20-12-7-11(16-8-17-12)14(22)15-5-6-19-13(21)4-3-10(18-19)9-1-2-9/h3-4,7-9H,1-2,5-6H2,(H,15,22)(H,16,17,20). The molecule has 0 unspecified atom stereocenters. The molecule has 8 heteroatoms. The van der Waals surface area contributed by atoms with E-state index in [2.05, 4.69) is 20.4 Å². The first-order valence-corrected chi connectivity index (χ1v) is 7.04. The predicted molar refractivity (Wildman–Crippen MR) is 77.7 cm³/mol. The molecule has 2 aromatic heterocycles. The molecule has 2 N–H and O–H groups in total. The first-order valence-electron chi connectivity index (χ1n) is 7.04. The second-order valence-corrected chi connectivity index (χ2v) is 5.15. The van der Waals surface area contributed by atoms with Gasteiger partial charge in [-0.3, -0.25) is 14.4 Å². The van der Waals surface area contributed by atoms with E-state index < -0.39 is 11.5 Å². The number of aromatic amines is 1. The molecule has 114 valence electrons. The maximum atomic E-state index is 11.8. The monoisotopic (exact) mass is 301 g/mol. The second kappa shape index (κ2) is 5.92. The zero-order valence-corrected chi connectivity index (χ0v) is 11.8. The molecule has 0 bridgehead atoms. The third-order valence-corrected chi connectivity index (χ3v) is 3.40. The van der Waals surface area contributed by atoms with Crippen molar-refractivity contribution < 1.29 is 4.79 Å². The molecule has 1 aliphatic rings. The van der Waals surface area contributed by atoms with Gasteiger partial charge in [0.25, 0.3) is 17.0 Å². The van der Waals surface area contributed by atoms with Crippen LogP contribution in [-0.4, -0.2) is 32.2 Å². The lowest BCUT2D eigenvalue weighted by molar-refractivity contribution is 0.0946. The number of H-pyrrole nitrogens is 1. The summed E-state index contributed by atoms with van der Waals surface area (Å²) in [6.45, 7) is 0.503. The van der Waals surface area contributed by atoms with Crippen LogP contribution in [0.15, 0.2) is 34.1 Å². The number of hydrogen-bond donors (Lipinski definition) is 2. The first kappa shape index (κ1) is 14.2. The molecule has 0 radical (unpaired) electrons. The van der Waals surface area contributed by atoms with Gasteiger partial charge in [-0.1, -0.05) is 0 Å². The minimum absolute atomic E-state index is 0.0378. The fraction of sp³-hybridized carbons (Fsp3) is 0.357. The molecule has 8 nitrogen and oxygen atoms in total. The van der Waals surface area contributed by atoms with Gasteiger partial charge in [-0.05, 0) is 18.9 Å². The van der Waals surface area contributed by atoms with Gasteiger partial charge in [0, 0.05) is 24.6 Å². The summed E-state index contributed by atoms with van der Waals surface area (Å²) >= 11 is 0. The molecule has 1 amide bonds. The summed E-state index contributed by atoms with van der Waals surface area (Å²) < 4.78 is 1.35. The second-order valence-electron chi connectivity index (χ2n) is 5.15. The summed E-state index contributed by atoms with van der Waals surface area (Å²) in [6, 6.07) is 4.38. The van der Waals surface area contributed by atoms with Crippen molar-refractivity contribution in [3.05, 3.63) is 56.6 Å². The third kappa shape index (κ3) is 3.27. The van der Waals surface area contributed by atoms with Crippen LogP contribution in [0.25, 0.3) is 0 Å². The third-order valence-electron chi connectivity index (χ3n) is 3.40. The van der Waals surface area contributed by atoms with Gasteiger partial charge < -0.3 is 10.3 Å². The average Bonchev–Trinajstić information content (AvgIpc) is 3.34. The van der Waals surface area contributed by atoms with Crippen molar-refractivity contribution in [3.63, 3.8) is 0 Å². The number of carbonyl (C=O) groups is 1. The molecule has 1 fully saturated rings. The summed E-state index contributed by atoms with van der Waals surface area (Å²) in [5.41, 5.74) is 0.362. The quantitative estimate of drug-likeness (QED) is 0.783. The fourth-order valence-electron chi connectivity index (χ4n) is 2.08. The van der Waals surface area contributed by atoms with Crippen molar-refractivity contribution in [1.82, 2.24) is 25.1 Å². The van der Waals surface area contributed by atoms with E-state index in [0.717, 1.165) is 24.6 Å². The molecule has 22 heavy (non-hydrogen) atoms. The smallest absolute Gasteiger partial charge is 0.270 e. The summed E-state index contributed by atoms with van der Waals surface area (Å²) in [7, 11) is 0. The zero-order valence-electron chi connectivity index (χ0n) is 11.8. The van der Waals surface area contributed by atoms with Gasteiger partial charge >= 0.3 is 0 Å². The van der Waals surface area contributed by atoms with Gasteiger partial charge in [-0.15, -0.1) is 0 Å². The maximum absolute atomic E-state index is 11.8. The molecular weight excluding hydrogens is 286 g/mol. The fourth-order valence-corrected chi connectivity index (χ4v) is 2.08. The van der Waals surface area contributed by atoms with Gasteiger partial charge in [-0.2, -0.15) is 5.10 Å². The van der Waals surface area contributed by atoms with Crippen LogP contribution in [0.1, 0.15) is 34.9 Å². The van der Waals surface area contributed by atoms with Crippen LogP contribution in [0, 0.1) is 0 Å². The van der Waals surface area contributed by atoms with E-state index in [1.165, 1.54) is 17.1 Å². The van der Waals surface area contributed by atoms with Crippen LogP contribution in [0.4, 0.5) is 0 Å². The Morgan fingerprint density at radius 3 is 2.91 bits per heavy atom. The zero-order chi connectivity index (χ0) is 15.5. The van der Waals surface area contributed by atoms with Crippen LogP contribution >= 0.6 is 0 Å². The summed E-state index contributed by atoms with van der Waals surface area (Å²) in [6.07, 6.45) is 3.38. The minimum atomic E-state index is -0.461. The topological polar surface area (TPSA) is 110 Å². The van der Waals surface area contributed by atoms with Crippen molar-refractivity contribution in [2.45, 2.75) is 25.3 Å². The van der Waals surface area contributed by atoms with Crippen molar-refractivity contribution in [2.24, 2.45) is 0 Å². The van der Waals surface area contributed by atoms with E-state index in [0.29, 0.717) is 5.92 Å². The Hall–Kier alpha value is -2.77. The molecule has 0 aromatic carbocycles. The molecule has 2 heterocycles. The van der Waals surface area contributed by atoms with Crippen LogP contribution < -0.4 is 16.4 Å². The minimum Gasteiger partial charge on any atom is -0.349 e. The Kier molecular flexibility index (Phi) is 3.82. The number of aromatic nitrogens is 4. The Bertz CT molecular complexity index is 806. The van der Waals surface area contributed by atoms with Crippen LogP contribution in [0.3, 0.4) is 0 Å². The lowest BCUT2D eigenvalue weighted by Gasteiger charge is -2.07. The lowest BCUT2D eigenvalue weighted by atomic mass is 10.3. The highest BCUT2D eigenvalue weighted by atomic mass is 16.2. The molecule has 2 aromatic rings. The normalized spacial score (nSPS) is 13.8. The highest BCUT2D eigenvalue weighted by Crippen LogP contribution is 2.38. The van der Waals surface area contributed by atoms with E-state index in [4.69, 9.17) is 0 Å². The average molecular weight is 301 g/mol. The van der Waals surface area contributed by atoms with Gasteiger partial charge in [0.2, 0.25) is 0 Å². The highest BCUT2D eigenvalue weighted by molar-refractivity contribution is 5.91. The van der Waals surface area contributed by atoms with E-state index >= 15 is 0 Å². The Balaban J connectivity index is 1.61. The van der Waals surface area contributed by atoms with Crippen LogP contribution in [-0.2, 0) is 6.54 Å². The molecule has 0 aliphatic heterocycles. The van der Waals surface area contributed by atoms with E-state index in [9.17, 15) is 14.4 Å². The van der Waals surface area contributed by atoms with Gasteiger partial charge in [0.15, 0.2) is 0 Å². The molecule has 1 aliphatic carbocycles. The molecule has 0 spiro atoms. The van der Waals surface area contributed by atoms with Gasteiger partial charge in [0.05, 0.1) is 18.6 Å². The number of nitrogens with zero attached hydrogens (tertiary/aromatic N) is 3. The lowest BCUT2D eigenvalue weighted by Crippen LogP contribution is -2.33. The maximum Gasteiger partial charge on any atom is 0.270 e. The highest BCUT2D eigenvalue weighted by Gasteiger charge is 2.25. The van der Waals surface area contributed by atoms with Gasteiger partial charge in [0.1, 0.15) is 5.69 Å². The van der Waals surface area contributed by atoms with Crippen molar-refractivity contribution >= 4 is 5.91 Å². The number of amides is 1. The summed E-state index contributed by atoms with van der Waals surface area (Å²) in [4.78, 5) is 40.8. The number of rotatable bonds is 5. The van der Waals surface area contributed by atoms with E-state index in [-0.39, 0.29) is 24.3 Å². The Labute approximate surface area is 125 Å².